The molecule has 0 aromatic carbocycles. The van der Waals surface area contributed by atoms with Gasteiger partial charge in [0.1, 0.15) is 73.2 Å². The molecule has 574 valence electrons. The van der Waals surface area contributed by atoms with E-state index in [1.807, 2.05) is 6.08 Å². The third kappa shape index (κ3) is 40.1. The highest BCUT2D eigenvalue weighted by Crippen LogP contribution is 2.33. The minimum absolute atomic E-state index is 0.246. The van der Waals surface area contributed by atoms with Gasteiger partial charge >= 0.3 is 0 Å². The van der Waals surface area contributed by atoms with Gasteiger partial charge in [-0.05, 0) is 57.8 Å². The summed E-state index contributed by atoms with van der Waals surface area (Å²) in [6.45, 7) is 1.76. The molecule has 3 heterocycles. The van der Waals surface area contributed by atoms with Crippen molar-refractivity contribution in [1.29, 1.82) is 0 Å². The minimum Gasteiger partial charge on any atom is -0.394 e. The Morgan fingerprint density at radius 1 is 0.367 bits per heavy atom. The molecule has 0 aromatic heterocycles. The van der Waals surface area contributed by atoms with Crippen molar-refractivity contribution < 1.29 is 89.4 Å². The predicted octanol–water partition coefficient (Wildman–Crippen LogP) is 12.9. The second-order valence-corrected chi connectivity index (χ2v) is 28.5. The average molecular weight is 1400 g/mol. The number of aliphatic hydroxyl groups excluding tert-OH is 11. The summed E-state index contributed by atoms with van der Waals surface area (Å²) in [4.78, 5) is 13.5. The van der Waals surface area contributed by atoms with E-state index in [4.69, 9.17) is 28.4 Å². The van der Waals surface area contributed by atoms with E-state index in [1.54, 1.807) is 6.08 Å². The van der Waals surface area contributed by atoms with Gasteiger partial charge in [0.2, 0.25) is 5.91 Å². The molecule has 0 radical (unpaired) electrons. The molecule has 0 aliphatic carbocycles. The lowest BCUT2D eigenvalue weighted by Gasteiger charge is -2.48. The smallest absolute Gasteiger partial charge is 0.220 e. The van der Waals surface area contributed by atoms with Crippen LogP contribution in [0.3, 0.4) is 0 Å². The van der Waals surface area contributed by atoms with Crippen molar-refractivity contribution in [3.05, 3.63) is 48.6 Å². The molecular formula is C79H145NO18. The summed E-state index contributed by atoms with van der Waals surface area (Å²) in [5, 5.41) is 121. The molecule has 3 fully saturated rings. The molecule has 17 atom stereocenters. The molecule has 0 saturated carbocycles. The Kier molecular flexibility index (Phi) is 55.1. The van der Waals surface area contributed by atoms with E-state index in [1.165, 1.54) is 231 Å². The predicted molar refractivity (Wildman–Crippen MR) is 388 cm³/mol. The Labute approximate surface area is 593 Å². The number of aliphatic hydroxyl groups is 11. The van der Waals surface area contributed by atoms with Gasteiger partial charge in [0.05, 0.1) is 38.6 Å². The van der Waals surface area contributed by atoms with E-state index in [2.05, 4.69) is 55.6 Å². The van der Waals surface area contributed by atoms with Crippen LogP contribution in [-0.4, -0.2) is 193 Å². The van der Waals surface area contributed by atoms with Gasteiger partial charge in [-0.15, -0.1) is 0 Å². The molecule has 0 aromatic rings. The van der Waals surface area contributed by atoms with Crippen molar-refractivity contribution in [2.45, 2.75) is 420 Å². The zero-order valence-corrected chi connectivity index (χ0v) is 61.3. The minimum atomic E-state index is -1.98. The number of nitrogens with one attached hydrogen (secondary N) is 1. The molecule has 1 amide bonds. The third-order valence-electron chi connectivity index (χ3n) is 19.9. The number of carbonyl (C=O) groups excluding carboxylic acids is 1. The molecule has 0 bridgehead atoms. The monoisotopic (exact) mass is 1400 g/mol. The number of hydrogen-bond donors (Lipinski definition) is 12. The standard InChI is InChI=1S/C79H145NO18/c1-3-5-7-9-11-13-15-17-19-21-23-24-25-26-27-28-29-30-31-32-33-34-35-36-37-38-39-41-43-45-47-49-51-53-55-57-67(85)80-62(63(84)56-54-52-50-48-46-44-42-40-22-20-18-16-14-12-10-8-6-4-2)61-93-77-73(91)70(88)75(65(59-82)95-77)98-79-74(92)71(89)76(66(60-83)96-79)97-78-72(90)69(87)68(86)64(58-81)94-78/h15,17,21,23,25-26,54,56,62-66,68-79,81-84,86-92H,3-14,16,18-20,22,24,27-53,55,57-61H2,1-2H3,(H,80,85)/b17-15-,23-21-,26-25-,56-54+. The Morgan fingerprint density at radius 3 is 1.05 bits per heavy atom. The summed E-state index contributed by atoms with van der Waals surface area (Å²) < 4.78 is 34.4. The van der Waals surface area contributed by atoms with Crippen LogP contribution in [0.15, 0.2) is 48.6 Å². The summed E-state index contributed by atoms with van der Waals surface area (Å²) in [5.41, 5.74) is 0. The van der Waals surface area contributed by atoms with Crippen LogP contribution < -0.4 is 5.32 Å². The maximum atomic E-state index is 13.5. The van der Waals surface area contributed by atoms with Crippen LogP contribution in [0.2, 0.25) is 0 Å². The van der Waals surface area contributed by atoms with E-state index < -0.39 is 124 Å². The summed E-state index contributed by atoms with van der Waals surface area (Å²) in [6.07, 6.45) is 48.1. The fraction of sp³-hybridized carbons (Fsp3) is 0.886. The molecule has 98 heavy (non-hydrogen) atoms. The summed E-state index contributed by atoms with van der Waals surface area (Å²) in [7, 11) is 0. The Hall–Kier alpha value is -2.25. The Balaban J connectivity index is 1.34. The first-order valence-electron chi connectivity index (χ1n) is 39.9. The first-order chi connectivity index (χ1) is 47.8. The zero-order chi connectivity index (χ0) is 71.1. The van der Waals surface area contributed by atoms with E-state index in [0.717, 1.165) is 57.8 Å². The molecule has 0 spiro atoms. The lowest BCUT2D eigenvalue weighted by molar-refractivity contribution is -0.379. The quantitative estimate of drug-likeness (QED) is 0.0199. The van der Waals surface area contributed by atoms with Gasteiger partial charge in [0.15, 0.2) is 18.9 Å². The second kappa shape index (κ2) is 60.1. The van der Waals surface area contributed by atoms with Crippen LogP contribution in [0.1, 0.15) is 316 Å². The van der Waals surface area contributed by atoms with Crippen molar-refractivity contribution >= 4 is 5.91 Å². The van der Waals surface area contributed by atoms with E-state index in [0.29, 0.717) is 6.42 Å². The maximum absolute atomic E-state index is 13.5. The third-order valence-corrected chi connectivity index (χ3v) is 19.9. The molecule has 17 unspecified atom stereocenters. The zero-order valence-electron chi connectivity index (χ0n) is 61.3. The number of rotatable bonds is 63. The van der Waals surface area contributed by atoms with E-state index in [9.17, 15) is 61.0 Å². The molecule has 19 nitrogen and oxygen atoms in total. The fourth-order valence-corrected chi connectivity index (χ4v) is 13.4. The normalized spacial score (nSPS) is 27.0. The molecule has 3 rings (SSSR count). The highest BCUT2D eigenvalue weighted by atomic mass is 16.8. The van der Waals surface area contributed by atoms with Crippen molar-refractivity contribution in [1.82, 2.24) is 5.32 Å². The molecule has 3 aliphatic heterocycles. The van der Waals surface area contributed by atoms with Crippen LogP contribution in [0, 0.1) is 0 Å². The number of amides is 1. The molecular weight excluding hydrogens is 1250 g/mol. The number of hydrogen-bond acceptors (Lipinski definition) is 18. The average Bonchev–Trinajstić information content (AvgIpc) is 0.785. The molecule has 3 saturated heterocycles. The molecule has 12 N–H and O–H groups in total. The van der Waals surface area contributed by atoms with Crippen molar-refractivity contribution in [2.24, 2.45) is 0 Å². The number of ether oxygens (including phenoxy) is 6. The second-order valence-electron chi connectivity index (χ2n) is 28.5. The number of unbranched alkanes of at least 4 members (excludes halogenated alkanes) is 41. The van der Waals surface area contributed by atoms with Gasteiger partial charge in [0.25, 0.3) is 0 Å². The Morgan fingerprint density at radius 2 is 0.673 bits per heavy atom. The van der Waals surface area contributed by atoms with E-state index in [-0.39, 0.29) is 18.9 Å². The van der Waals surface area contributed by atoms with Gasteiger partial charge < -0.3 is 89.9 Å². The van der Waals surface area contributed by atoms with Gasteiger partial charge in [-0.25, -0.2) is 0 Å². The highest BCUT2D eigenvalue weighted by Gasteiger charge is 2.54. The van der Waals surface area contributed by atoms with Crippen LogP contribution >= 0.6 is 0 Å². The largest absolute Gasteiger partial charge is 0.394 e. The number of carbonyl (C=O) groups is 1. The maximum Gasteiger partial charge on any atom is 0.220 e. The number of allylic oxidation sites excluding steroid dienone is 7. The summed E-state index contributed by atoms with van der Waals surface area (Å²) in [5.74, 6) is -0.271. The Bertz CT molecular complexity index is 1960. The van der Waals surface area contributed by atoms with Gasteiger partial charge in [0, 0.05) is 6.42 Å². The first kappa shape index (κ1) is 90.0. The van der Waals surface area contributed by atoms with Crippen LogP contribution in [-0.2, 0) is 33.2 Å². The van der Waals surface area contributed by atoms with Crippen molar-refractivity contribution in [3.63, 3.8) is 0 Å². The van der Waals surface area contributed by atoms with Gasteiger partial charge in [-0.1, -0.05) is 300 Å². The van der Waals surface area contributed by atoms with Crippen LogP contribution in [0.4, 0.5) is 0 Å². The van der Waals surface area contributed by atoms with Crippen LogP contribution in [0.5, 0.6) is 0 Å². The van der Waals surface area contributed by atoms with Gasteiger partial charge in [-0.3, -0.25) is 4.79 Å². The van der Waals surface area contributed by atoms with E-state index >= 15 is 0 Å². The molecule has 19 heteroatoms. The van der Waals surface area contributed by atoms with Crippen molar-refractivity contribution in [2.75, 3.05) is 26.4 Å². The van der Waals surface area contributed by atoms with Crippen LogP contribution in [0.25, 0.3) is 0 Å². The lowest BCUT2D eigenvalue weighted by atomic mass is 9.96. The topological polar surface area (TPSA) is 307 Å². The van der Waals surface area contributed by atoms with Gasteiger partial charge in [-0.2, -0.15) is 0 Å². The highest BCUT2D eigenvalue weighted by molar-refractivity contribution is 5.76. The SMILES string of the molecule is CCCCCCC/C=C\C/C=C\C/C=C\CCCCCCCCCCCCCCCCCCCCCCC(=O)NC(COC1OC(CO)C(OC2OC(CO)C(OC3OC(CO)C(O)C(O)C3O)C(O)C2O)C(O)C1O)C(O)/C=C/CCCCCCCCCCCCCCCCCC. The summed E-state index contributed by atoms with van der Waals surface area (Å²) in [6, 6.07) is -0.973. The molecule has 3 aliphatic rings. The lowest BCUT2D eigenvalue weighted by Crippen LogP contribution is -2.66. The van der Waals surface area contributed by atoms with Crippen molar-refractivity contribution in [3.8, 4) is 0 Å². The fourth-order valence-electron chi connectivity index (χ4n) is 13.4. The summed E-state index contributed by atoms with van der Waals surface area (Å²) >= 11 is 0. The first-order valence-corrected chi connectivity index (χ1v) is 39.9.